The van der Waals surface area contributed by atoms with E-state index in [2.05, 4.69) is 11.4 Å². The number of anilines is 2. The third-order valence-electron chi connectivity index (χ3n) is 3.18. The number of para-hydroxylation sites is 1. The van der Waals surface area contributed by atoms with Crippen LogP contribution in [0.25, 0.3) is 0 Å². The predicted molar refractivity (Wildman–Crippen MR) is 84.1 cm³/mol. The van der Waals surface area contributed by atoms with Gasteiger partial charge in [0, 0.05) is 31.4 Å². The predicted octanol–water partition coefficient (Wildman–Crippen LogP) is 3.02. The van der Waals surface area contributed by atoms with Crippen molar-refractivity contribution >= 4 is 17.3 Å². The monoisotopic (exact) mass is 279 g/mol. The van der Waals surface area contributed by atoms with Crippen molar-refractivity contribution in [3.63, 3.8) is 0 Å². The van der Waals surface area contributed by atoms with Crippen molar-refractivity contribution < 1.29 is 4.79 Å². The van der Waals surface area contributed by atoms with E-state index >= 15 is 0 Å². The zero-order valence-corrected chi connectivity index (χ0v) is 11.9. The van der Waals surface area contributed by atoms with Crippen molar-refractivity contribution in [2.75, 3.05) is 23.8 Å². The lowest BCUT2D eigenvalue weighted by atomic mass is 10.2. The van der Waals surface area contributed by atoms with E-state index in [0.717, 1.165) is 11.4 Å². The Morgan fingerprint density at radius 2 is 1.95 bits per heavy atom. The first-order chi connectivity index (χ1) is 10.2. The fourth-order valence-electron chi connectivity index (χ4n) is 1.98. The summed E-state index contributed by atoms with van der Waals surface area (Å²) >= 11 is 0. The van der Waals surface area contributed by atoms with Crippen LogP contribution in [-0.4, -0.2) is 19.5 Å². The Morgan fingerprint density at radius 3 is 2.67 bits per heavy atom. The summed E-state index contributed by atoms with van der Waals surface area (Å²) in [5.41, 5.74) is 2.34. The smallest absolute Gasteiger partial charge is 0.228 e. The van der Waals surface area contributed by atoms with Crippen LogP contribution in [0.3, 0.4) is 0 Å². The molecule has 0 aliphatic carbocycles. The Kier molecular flexibility index (Phi) is 4.94. The molecular formula is C17H17N3O. The molecule has 0 aliphatic rings. The highest BCUT2D eigenvalue weighted by Crippen LogP contribution is 2.13. The third kappa shape index (κ3) is 4.08. The van der Waals surface area contributed by atoms with Crippen LogP contribution in [0.15, 0.2) is 54.6 Å². The third-order valence-corrected chi connectivity index (χ3v) is 3.18. The van der Waals surface area contributed by atoms with Crippen LogP contribution in [0.2, 0.25) is 0 Å². The number of nitrogens with one attached hydrogen (secondary N) is 1. The molecule has 0 aliphatic heterocycles. The van der Waals surface area contributed by atoms with Gasteiger partial charge in [-0.3, -0.25) is 4.79 Å². The molecule has 0 heterocycles. The fraction of sp³-hybridized carbons (Fsp3) is 0.176. The molecule has 2 aromatic rings. The normalized spacial score (nSPS) is 9.71. The molecule has 1 N–H and O–H groups in total. The molecule has 0 saturated carbocycles. The van der Waals surface area contributed by atoms with Gasteiger partial charge in [-0.2, -0.15) is 5.26 Å². The fourth-order valence-corrected chi connectivity index (χ4v) is 1.98. The number of amides is 1. The SMILES string of the molecule is CN(C(=O)CCNc1cccc(C#N)c1)c1ccccc1. The molecule has 0 saturated heterocycles. The summed E-state index contributed by atoms with van der Waals surface area (Å²) < 4.78 is 0. The second kappa shape index (κ2) is 7.11. The van der Waals surface area contributed by atoms with Crippen molar-refractivity contribution in [2.45, 2.75) is 6.42 Å². The molecule has 0 atom stereocenters. The number of nitriles is 1. The number of carbonyl (C=O) groups is 1. The summed E-state index contributed by atoms with van der Waals surface area (Å²) in [7, 11) is 1.77. The summed E-state index contributed by atoms with van der Waals surface area (Å²) in [6.07, 6.45) is 0.391. The molecular weight excluding hydrogens is 262 g/mol. The van der Waals surface area contributed by atoms with E-state index in [-0.39, 0.29) is 5.91 Å². The summed E-state index contributed by atoms with van der Waals surface area (Å²) in [4.78, 5) is 13.7. The van der Waals surface area contributed by atoms with Crippen LogP contribution in [-0.2, 0) is 4.79 Å². The van der Waals surface area contributed by atoms with Gasteiger partial charge in [-0.05, 0) is 30.3 Å². The number of hydrogen-bond donors (Lipinski definition) is 1. The minimum Gasteiger partial charge on any atom is -0.384 e. The molecule has 0 radical (unpaired) electrons. The van der Waals surface area contributed by atoms with Crippen LogP contribution >= 0.6 is 0 Å². The zero-order chi connectivity index (χ0) is 15.1. The van der Waals surface area contributed by atoms with E-state index in [9.17, 15) is 4.79 Å². The molecule has 2 rings (SSSR count). The van der Waals surface area contributed by atoms with Crippen LogP contribution in [0.1, 0.15) is 12.0 Å². The number of rotatable bonds is 5. The van der Waals surface area contributed by atoms with Gasteiger partial charge >= 0.3 is 0 Å². The average Bonchev–Trinajstić information content (AvgIpc) is 2.55. The van der Waals surface area contributed by atoms with Crippen molar-refractivity contribution in [3.8, 4) is 6.07 Å². The molecule has 2 aromatic carbocycles. The van der Waals surface area contributed by atoms with Gasteiger partial charge in [0.05, 0.1) is 11.6 Å². The Labute approximate surface area is 124 Å². The first kappa shape index (κ1) is 14.6. The molecule has 4 heteroatoms. The molecule has 0 spiro atoms. The Hall–Kier alpha value is -2.80. The van der Waals surface area contributed by atoms with Gasteiger partial charge < -0.3 is 10.2 Å². The van der Waals surface area contributed by atoms with Crippen LogP contribution < -0.4 is 10.2 Å². The average molecular weight is 279 g/mol. The number of benzene rings is 2. The minimum absolute atomic E-state index is 0.0464. The highest BCUT2D eigenvalue weighted by Gasteiger charge is 2.09. The number of carbonyl (C=O) groups excluding carboxylic acids is 1. The van der Waals surface area contributed by atoms with E-state index in [4.69, 9.17) is 5.26 Å². The van der Waals surface area contributed by atoms with Crippen molar-refractivity contribution in [2.24, 2.45) is 0 Å². The molecule has 1 amide bonds. The number of nitrogens with zero attached hydrogens (tertiary/aromatic N) is 2. The van der Waals surface area contributed by atoms with E-state index in [1.54, 1.807) is 24.1 Å². The summed E-state index contributed by atoms with van der Waals surface area (Å²) in [5.74, 6) is 0.0464. The molecule has 0 aromatic heterocycles. The lowest BCUT2D eigenvalue weighted by Gasteiger charge is -2.17. The van der Waals surface area contributed by atoms with E-state index in [1.807, 2.05) is 42.5 Å². The lowest BCUT2D eigenvalue weighted by Crippen LogP contribution is -2.27. The molecule has 0 unspecified atom stereocenters. The first-order valence-corrected chi connectivity index (χ1v) is 6.76. The molecule has 4 nitrogen and oxygen atoms in total. The maximum absolute atomic E-state index is 12.1. The van der Waals surface area contributed by atoms with Gasteiger partial charge in [0.2, 0.25) is 5.91 Å². The van der Waals surface area contributed by atoms with Crippen molar-refractivity contribution in [1.82, 2.24) is 0 Å². The van der Waals surface area contributed by atoms with Gasteiger partial charge in [-0.15, -0.1) is 0 Å². The first-order valence-electron chi connectivity index (χ1n) is 6.76. The second-order valence-electron chi connectivity index (χ2n) is 4.66. The lowest BCUT2D eigenvalue weighted by molar-refractivity contribution is -0.118. The summed E-state index contributed by atoms with van der Waals surface area (Å²) in [5, 5.41) is 12.0. The van der Waals surface area contributed by atoms with E-state index < -0.39 is 0 Å². The zero-order valence-electron chi connectivity index (χ0n) is 11.9. The number of hydrogen-bond acceptors (Lipinski definition) is 3. The van der Waals surface area contributed by atoms with Gasteiger partial charge in [0.25, 0.3) is 0 Å². The van der Waals surface area contributed by atoms with Crippen LogP contribution in [0, 0.1) is 11.3 Å². The summed E-state index contributed by atoms with van der Waals surface area (Å²) in [6.45, 7) is 0.533. The van der Waals surface area contributed by atoms with Crippen molar-refractivity contribution in [3.05, 3.63) is 60.2 Å². The molecule has 106 valence electrons. The summed E-state index contributed by atoms with van der Waals surface area (Å²) in [6, 6.07) is 18.9. The standard InChI is InChI=1S/C17H17N3O/c1-20(16-8-3-2-4-9-16)17(21)10-11-19-15-7-5-6-14(12-15)13-18/h2-9,12,19H,10-11H2,1H3. The highest BCUT2D eigenvalue weighted by molar-refractivity contribution is 5.93. The quantitative estimate of drug-likeness (QED) is 0.915. The Balaban J connectivity index is 1.86. The van der Waals surface area contributed by atoms with Gasteiger partial charge in [-0.1, -0.05) is 24.3 Å². The van der Waals surface area contributed by atoms with Gasteiger partial charge in [0.1, 0.15) is 0 Å². The maximum atomic E-state index is 12.1. The van der Waals surface area contributed by atoms with Crippen molar-refractivity contribution in [1.29, 1.82) is 5.26 Å². The van der Waals surface area contributed by atoms with E-state index in [0.29, 0.717) is 18.5 Å². The van der Waals surface area contributed by atoms with Gasteiger partial charge in [-0.25, -0.2) is 0 Å². The van der Waals surface area contributed by atoms with Crippen LogP contribution in [0.5, 0.6) is 0 Å². The molecule has 0 fully saturated rings. The Bertz CT molecular complexity index is 647. The van der Waals surface area contributed by atoms with Gasteiger partial charge in [0.15, 0.2) is 0 Å². The Morgan fingerprint density at radius 1 is 1.19 bits per heavy atom. The minimum atomic E-state index is 0.0464. The molecule has 0 bridgehead atoms. The maximum Gasteiger partial charge on any atom is 0.228 e. The highest BCUT2D eigenvalue weighted by atomic mass is 16.2. The molecule has 21 heavy (non-hydrogen) atoms. The van der Waals surface area contributed by atoms with E-state index in [1.165, 1.54) is 0 Å². The largest absolute Gasteiger partial charge is 0.384 e. The topological polar surface area (TPSA) is 56.1 Å². The second-order valence-corrected chi connectivity index (χ2v) is 4.66. The van der Waals surface area contributed by atoms with Crippen LogP contribution in [0.4, 0.5) is 11.4 Å².